The number of fused-ring (bicyclic) bond motifs is 2. The lowest BCUT2D eigenvalue weighted by atomic mass is 9.96. The van der Waals surface area contributed by atoms with Crippen molar-refractivity contribution in [2.75, 3.05) is 33.4 Å². The van der Waals surface area contributed by atoms with Crippen LogP contribution in [-0.4, -0.2) is 58.7 Å². The zero-order valence-corrected chi connectivity index (χ0v) is 16.3. The molecule has 4 rings (SSSR count). The summed E-state index contributed by atoms with van der Waals surface area (Å²) in [5.41, 5.74) is 0.273. The minimum atomic E-state index is -3.68. The van der Waals surface area contributed by atoms with Gasteiger partial charge in [0.1, 0.15) is 5.75 Å². The molecule has 0 spiro atoms. The molecule has 3 fully saturated rings. The molecule has 27 heavy (non-hydrogen) atoms. The van der Waals surface area contributed by atoms with Gasteiger partial charge in [0, 0.05) is 19.1 Å². The fraction of sp³-hybridized carbons (Fsp3) is 0.632. The summed E-state index contributed by atoms with van der Waals surface area (Å²) in [5, 5.41) is 0. The first kappa shape index (κ1) is 18.7. The number of amides is 1. The van der Waals surface area contributed by atoms with Crippen LogP contribution in [0, 0.1) is 11.8 Å². The first-order chi connectivity index (χ1) is 13.0. The van der Waals surface area contributed by atoms with Crippen molar-refractivity contribution in [3.8, 4) is 5.75 Å². The second-order valence-corrected chi connectivity index (χ2v) is 9.38. The number of carbonyl (C=O) groups excluding carboxylic acids is 1. The largest absolute Gasteiger partial charge is 0.496 e. The molecule has 0 radical (unpaired) electrons. The van der Waals surface area contributed by atoms with Crippen molar-refractivity contribution in [3.05, 3.63) is 23.8 Å². The third-order valence-corrected chi connectivity index (χ3v) is 7.54. The number of sulfonamides is 1. The number of nitrogens with one attached hydrogen (secondary N) is 1. The maximum atomic E-state index is 12.9. The van der Waals surface area contributed by atoms with E-state index in [-0.39, 0.29) is 22.4 Å². The summed E-state index contributed by atoms with van der Waals surface area (Å²) in [5.74, 6) is 1.24. The number of nitrogens with zero attached hydrogens (tertiary/aromatic N) is 1. The Labute approximate surface area is 160 Å². The summed E-state index contributed by atoms with van der Waals surface area (Å²) >= 11 is 0. The molecule has 3 aliphatic rings. The van der Waals surface area contributed by atoms with Gasteiger partial charge in [-0.1, -0.05) is 6.42 Å². The van der Waals surface area contributed by atoms with Crippen LogP contribution >= 0.6 is 0 Å². The van der Waals surface area contributed by atoms with Crippen LogP contribution in [0.25, 0.3) is 0 Å². The smallest absolute Gasteiger partial charge is 0.257 e. The number of hydrogen-bond donors (Lipinski definition) is 1. The molecule has 148 valence electrons. The maximum absolute atomic E-state index is 12.9. The first-order valence-electron chi connectivity index (χ1n) is 9.55. The molecule has 3 atom stereocenters. The summed E-state index contributed by atoms with van der Waals surface area (Å²) in [6.45, 7) is 1.94. The summed E-state index contributed by atoms with van der Waals surface area (Å²) in [7, 11) is -2.20. The van der Waals surface area contributed by atoms with E-state index in [0.29, 0.717) is 43.9 Å². The number of carbonyl (C=O) groups is 1. The van der Waals surface area contributed by atoms with E-state index in [1.54, 1.807) is 11.0 Å². The number of methoxy groups -OCH3 is 1. The van der Waals surface area contributed by atoms with E-state index < -0.39 is 10.0 Å². The highest BCUT2D eigenvalue weighted by atomic mass is 32.2. The molecule has 3 unspecified atom stereocenters. The average molecular weight is 394 g/mol. The van der Waals surface area contributed by atoms with Crippen LogP contribution in [-0.2, 0) is 14.8 Å². The highest BCUT2D eigenvalue weighted by Gasteiger charge is 2.41. The highest BCUT2D eigenvalue weighted by Crippen LogP contribution is 2.44. The van der Waals surface area contributed by atoms with Gasteiger partial charge in [0.25, 0.3) is 5.91 Å². The Hall–Kier alpha value is -1.64. The van der Waals surface area contributed by atoms with Crippen molar-refractivity contribution in [1.29, 1.82) is 0 Å². The van der Waals surface area contributed by atoms with Crippen molar-refractivity contribution in [2.24, 2.45) is 11.8 Å². The Kier molecular flexibility index (Phi) is 5.13. The molecular weight excluding hydrogens is 368 g/mol. The molecule has 2 bridgehead atoms. The lowest BCUT2D eigenvalue weighted by molar-refractivity contribution is 0.0300. The van der Waals surface area contributed by atoms with Gasteiger partial charge in [-0.05, 0) is 49.3 Å². The zero-order chi connectivity index (χ0) is 19.0. The summed E-state index contributed by atoms with van der Waals surface area (Å²) in [6.07, 6.45) is 4.35. The molecule has 1 heterocycles. The van der Waals surface area contributed by atoms with Gasteiger partial charge in [-0.3, -0.25) is 4.79 Å². The van der Waals surface area contributed by atoms with Crippen LogP contribution in [0.2, 0.25) is 0 Å². The van der Waals surface area contributed by atoms with Crippen molar-refractivity contribution in [1.82, 2.24) is 9.62 Å². The Balaban J connectivity index is 1.58. The predicted octanol–water partition coefficient (Wildman–Crippen LogP) is 1.63. The quantitative estimate of drug-likeness (QED) is 0.821. The normalized spacial score (nSPS) is 27.7. The van der Waals surface area contributed by atoms with Crippen molar-refractivity contribution in [3.63, 3.8) is 0 Å². The molecule has 7 nitrogen and oxygen atoms in total. The summed E-state index contributed by atoms with van der Waals surface area (Å²) < 4.78 is 39.3. The Morgan fingerprint density at radius 3 is 2.63 bits per heavy atom. The summed E-state index contributed by atoms with van der Waals surface area (Å²) in [4.78, 5) is 14.7. The van der Waals surface area contributed by atoms with Gasteiger partial charge >= 0.3 is 0 Å². The average Bonchev–Trinajstić information content (AvgIpc) is 3.30. The Bertz CT molecular complexity index is 819. The van der Waals surface area contributed by atoms with Gasteiger partial charge in [-0.25, -0.2) is 13.1 Å². The molecule has 1 saturated heterocycles. The van der Waals surface area contributed by atoms with Crippen LogP contribution in [0.4, 0.5) is 0 Å². The number of rotatable bonds is 5. The fourth-order valence-corrected chi connectivity index (χ4v) is 5.96. The molecule has 1 aliphatic heterocycles. The van der Waals surface area contributed by atoms with E-state index in [1.165, 1.54) is 25.7 Å². The van der Waals surface area contributed by atoms with Gasteiger partial charge in [0.05, 0.1) is 30.8 Å². The second kappa shape index (κ2) is 7.41. The fourth-order valence-electron chi connectivity index (χ4n) is 4.61. The maximum Gasteiger partial charge on any atom is 0.257 e. The van der Waals surface area contributed by atoms with E-state index in [9.17, 15) is 13.2 Å². The van der Waals surface area contributed by atoms with E-state index in [2.05, 4.69) is 4.72 Å². The van der Waals surface area contributed by atoms with Crippen molar-refractivity contribution < 1.29 is 22.7 Å². The molecule has 0 aromatic heterocycles. The van der Waals surface area contributed by atoms with Crippen LogP contribution in [0.5, 0.6) is 5.75 Å². The topological polar surface area (TPSA) is 84.9 Å². The molecule has 8 heteroatoms. The molecule has 1 aromatic rings. The molecule has 1 N–H and O–H groups in total. The van der Waals surface area contributed by atoms with Crippen LogP contribution in [0.1, 0.15) is 36.0 Å². The predicted molar refractivity (Wildman–Crippen MR) is 99.3 cm³/mol. The van der Waals surface area contributed by atoms with Gasteiger partial charge in [-0.2, -0.15) is 0 Å². The third kappa shape index (κ3) is 3.70. The SMILES string of the molecule is COc1ccc(S(=O)(=O)NC2CC3CCC2C3)cc1C(=O)N1CCOCC1. The number of morpholine rings is 1. The molecule has 2 saturated carbocycles. The number of ether oxygens (including phenoxy) is 2. The lowest BCUT2D eigenvalue weighted by Crippen LogP contribution is -2.41. The summed E-state index contributed by atoms with van der Waals surface area (Å²) in [6, 6.07) is 4.51. The Morgan fingerprint density at radius 2 is 2.00 bits per heavy atom. The molecule has 1 amide bonds. The number of benzene rings is 1. The number of hydrogen-bond acceptors (Lipinski definition) is 5. The minimum Gasteiger partial charge on any atom is -0.496 e. The second-order valence-electron chi connectivity index (χ2n) is 7.67. The van der Waals surface area contributed by atoms with Gasteiger partial charge in [0.15, 0.2) is 0 Å². The highest BCUT2D eigenvalue weighted by molar-refractivity contribution is 7.89. The van der Waals surface area contributed by atoms with E-state index >= 15 is 0 Å². The van der Waals surface area contributed by atoms with Gasteiger partial charge in [-0.15, -0.1) is 0 Å². The zero-order valence-electron chi connectivity index (χ0n) is 15.5. The van der Waals surface area contributed by atoms with Crippen LogP contribution in [0.3, 0.4) is 0 Å². The standard InChI is InChI=1S/C19H26N2O5S/c1-25-18-5-4-15(12-16(18)19(22)21-6-8-26-9-7-21)27(23,24)20-17-11-13-2-3-14(17)10-13/h4-5,12-14,17,20H,2-3,6-11H2,1H3. The van der Waals surface area contributed by atoms with Crippen LogP contribution < -0.4 is 9.46 Å². The van der Waals surface area contributed by atoms with E-state index in [4.69, 9.17) is 9.47 Å². The van der Waals surface area contributed by atoms with E-state index in [0.717, 1.165) is 19.3 Å². The van der Waals surface area contributed by atoms with Crippen LogP contribution in [0.15, 0.2) is 23.1 Å². The molecule has 2 aliphatic carbocycles. The molecule has 1 aromatic carbocycles. The first-order valence-corrected chi connectivity index (χ1v) is 11.0. The third-order valence-electron chi connectivity index (χ3n) is 6.05. The van der Waals surface area contributed by atoms with Crippen molar-refractivity contribution in [2.45, 2.75) is 36.6 Å². The van der Waals surface area contributed by atoms with Gasteiger partial charge < -0.3 is 14.4 Å². The monoisotopic (exact) mass is 394 g/mol. The van der Waals surface area contributed by atoms with Crippen molar-refractivity contribution >= 4 is 15.9 Å². The minimum absolute atomic E-state index is 0.00856. The Morgan fingerprint density at radius 1 is 1.22 bits per heavy atom. The van der Waals surface area contributed by atoms with E-state index in [1.807, 2.05) is 0 Å². The van der Waals surface area contributed by atoms with Gasteiger partial charge in [0.2, 0.25) is 10.0 Å². The molecular formula is C19H26N2O5S. The lowest BCUT2D eigenvalue weighted by Gasteiger charge is -2.27.